The Kier molecular flexibility index (Phi) is 10.0. The molecule has 4 aromatic rings. The Labute approximate surface area is 304 Å². The third-order valence-electron chi connectivity index (χ3n) is 9.09. The molecule has 2 fully saturated rings. The number of aromatic nitrogens is 1. The van der Waals surface area contributed by atoms with Gasteiger partial charge < -0.3 is 25.0 Å². The lowest BCUT2D eigenvalue weighted by Crippen LogP contribution is -2.53. The lowest BCUT2D eigenvalue weighted by molar-refractivity contribution is -0.136. The zero-order chi connectivity index (χ0) is 35.5. The van der Waals surface area contributed by atoms with Crippen LogP contribution < -0.4 is 20.3 Å². The molecule has 4 heterocycles. The number of carbonyl (C=O) groups excluding carboxylic acids is 3. The third-order valence-corrected chi connectivity index (χ3v) is 10.2. The molecule has 0 saturated carbocycles. The van der Waals surface area contributed by atoms with Crippen LogP contribution in [-0.2, 0) is 16.1 Å². The van der Waals surface area contributed by atoms with Crippen LogP contribution in [0.1, 0.15) is 27.9 Å². The largest absolute Gasteiger partial charge is 0.466 e. The minimum Gasteiger partial charge on any atom is -0.466 e. The van der Waals surface area contributed by atoms with E-state index in [1.165, 1.54) is 18.4 Å². The summed E-state index contributed by atoms with van der Waals surface area (Å²) >= 11 is 7.67. The van der Waals surface area contributed by atoms with E-state index >= 15 is 0 Å². The summed E-state index contributed by atoms with van der Waals surface area (Å²) < 4.78 is 11.1. The first-order valence-electron chi connectivity index (χ1n) is 16.5. The molecule has 3 aliphatic heterocycles. The van der Waals surface area contributed by atoms with E-state index in [1.807, 2.05) is 59.7 Å². The summed E-state index contributed by atoms with van der Waals surface area (Å²) in [5, 5.41) is 9.49. The standard InChI is InChI=1S/C37H36ClN7O5S/c1-23-32(36(47)49-2)31(42-33(41-23)35-39-15-18-51-35)22-43-16-17-44-27(20-43)21-45(37(44)48)26-9-13-29(14-10-26)50-28-11-7-24(8-12-28)34(46)40-19-25-5-3-4-6-30(25)38/h3-15,18,23,27H,16-17,19-22H2,1-2H3,(H,40,46)(H,41,42)/t23-,27-/m0/s1. The van der Waals surface area contributed by atoms with Crippen LogP contribution in [0, 0.1) is 0 Å². The fourth-order valence-corrected chi connectivity index (χ4v) is 7.30. The van der Waals surface area contributed by atoms with Crippen molar-refractivity contribution in [3.63, 3.8) is 0 Å². The Bertz CT molecular complexity index is 1980. The highest BCUT2D eigenvalue weighted by atomic mass is 35.5. The molecule has 7 rings (SSSR count). The summed E-state index contributed by atoms with van der Waals surface area (Å²) in [5.74, 6) is 1.20. The van der Waals surface area contributed by atoms with Crippen molar-refractivity contribution < 1.29 is 23.9 Å². The highest BCUT2D eigenvalue weighted by Gasteiger charge is 2.42. The van der Waals surface area contributed by atoms with E-state index in [9.17, 15) is 14.4 Å². The predicted octanol–water partition coefficient (Wildman–Crippen LogP) is 5.31. The van der Waals surface area contributed by atoms with E-state index in [1.54, 1.807) is 41.4 Å². The molecule has 2 atom stereocenters. The Morgan fingerprint density at radius 1 is 1.02 bits per heavy atom. The second kappa shape index (κ2) is 14.9. The molecule has 0 radical (unpaired) electrons. The fraction of sp³-hybridized carbons (Fsp3) is 0.270. The number of urea groups is 1. The van der Waals surface area contributed by atoms with E-state index in [0.717, 1.165) is 22.0 Å². The number of fused-ring (bicyclic) bond motifs is 1. The number of thiazole rings is 1. The molecule has 3 aromatic carbocycles. The molecule has 12 nitrogen and oxygen atoms in total. The van der Waals surface area contributed by atoms with Gasteiger partial charge in [-0.2, -0.15) is 0 Å². The molecule has 2 saturated heterocycles. The fourth-order valence-electron chi connectivity index (χ4n) is 6.51. The second-order valence-corrected chi connectivity index (χ2v) is 13.7. The molecule has 262 valence electrons. The molecular weight excluding hydrogens is 690 g/mol. The van der Waals surface area contributed by atoms with Crippen molar-refractivity contribution in [2.45, 2.75) is 25.6 Å². The minimum absolute atomic E-state index is 0.0159. The normalized spacial score (nSPS) is 19.0. The number of rotatable bonds is 10. The SMILES string of the molecule is COC(=O)C1=C(CN2CCN3C(=O)N(c4ccc(Oc5ccc(C(=O)NCc6ccccc6Cl)cc5)cc4)C[C@@H]3C2)NC(c2nccs2)=N[C@H]1C. The smallest absolute Gasteiger partial charge is 0.337 e. The first-order chi connectivity index (χ1) is 24.8. The number of piperazine rings is 1. The van der Waals surface area contributed by atoms with E-state index in [2.05, 4.69) is 25.5 Å². The zero-order valence-electron chi connectivity index (χ0n) is 28.0. The monoisotopic (exact) mass is 725 g/mol. The van der Waals surface area contributed by atoms with Gasteiger partial charge in [-0.05, 0) is 67.1 Å². The number of methoxy groups -OCH3 is 1. The van der Waals surface area contributed by atoms with Crippen LogP contribution in [-0.4, -0.2) is 90.4 Å². The molecule has 51 heavy (non-hydrogen) atoms. The van der Waals surface area contributed by atoms with Gasteiger partial charge in [0.1, 0.15) is 11.5 Å². The van der Waals surface area contributed by atoms with E-state index in [0.29, 0.717) is 72.8 Å². The number of hydrogen-bond acceptors (Lipinski definition) is 10. The maximum Gasteiger partial charge on any atom is 0.337 e. The van der Waals surface area contributed by atoms with Crippen LogP contribution in [0.5, 0.6) is 11.5 Å². The lowest BCUT2D eigenvalue weighted by Gasteiger charge is -2.37. The quantitative estimate of drug-likeness (QED) is 0.211. The van der Waals surface area contributed by atoms with Gasteiger partial charge in [-0.25, -0.2) is 14.6 Å². The maximum atomic E-state index is 13.5. The lowest BCUT2D eigenvalue weighted by atomic mass is 10.0. The predicted molar refractivity (Wildman–Crippen MR) is 196 cm³/mol. The molecule has 0 spiro atoms. The van der Waals surface area contributed by atoms with E-state index in [4.69, 9.17) is 21.1 Å². The Morgan fingerprint density at radius 3 is 2.47 bits per heavy atom. The number of aliphatic imine (C=N–C) groups is 1. The van der Waals surface area contributed by atoms with Crippen molar-refractivity contribution in [1.82, 2.24) is 25.4 Å². The first-order valence-corrected chi connectivity index (χ1v) is 17.8. The maximum absolute atomic E-state index is 13.5. The van der Waals surface area contributed by atoms with Crippen molar-refractivity contribution in [3.8, 4) is 11.5 Å². The molecule has 14 heteroatoms. The van der Waals surface area contributed by atoms with Gasteiger partial charge in [0.15, 0.2) is 10.8 Å². The third kappa shape index (κ3) is 7.46. The van der Waals surface area contributed by atoms with Crippen molar-refractivity contribution in [2.75, 3.05) is 44.7 Å². The number of nitrogens with zero attached hydrogens (tertiary/aromatic N) is 5. The minimum atomic E-state index is -0.412. The van der Waals surface area contributed by atoms with E-state index < -0.39 is 5.97 Å². The summed E-state index contributed by atoms with van der Waals surface area (Å²) in [7, 11) is 1.38. The molecule has 0 aliphatic carbocycles. The number of nitrogens with one attached hydrogen (secondary N) is 2. The Balaban J connectivity index is 0.952. The van der Waals surface area contributed by atoms with Crippen molar-refractivity contribution in [3.05, 3.63) is 117 Å². The average Bonchev–Trinajstić information content (AvgIpc) is 3.80. The van der Waals surface area contributed by atoms with Gasteiger partial charge in [-0.15, -0.1) is 11.3 Å². The van der Waals surface area contributed by atoms with Gasteiger partial charge >= 0.3 is 12.0 Å². The molecule has 2 N–H and O–H groups in total. The van der Waals surface area contributed by atoms with E-state index in [-0.39, 0.29) is 24.0 Å². The highest BCUT2D eigenvalue weighted by Crippen LogP contribution is 2.30. The summed E-state index contributed by atoms with van der Waals surface area (Å²) in [6.07, 6.45) is 1.73. The second-order valence-electron chi connectivity index (χ2n) is 12.4. The Morgan fingerprint density at radius 2 is 1.76 bits per heavy atom. The summed E-state index contributed by atoms with van der Waals surface area (Å²) in [6.45, 7) is 5.10. The number of benzene rings is 3. The average molecular weight is 726 g/mol. The zero-order valence-corrected chi connectivity index (χ0v) is 29.6. The van der Waals surface area contributed by atoms with Crippen LogP contribution in [0.4, 0.5) is 10.5 Å². The number of esters is 1. The summed E-state index contributed by atoms with van der Waals surface area (Å²) in [4.78, 5) is 53.9. The van der Waals surface area contributed by atoms with Crippen molar-refractivity contribution in [2.24, 2.45) is 4.99 Å². The van der Waals surface area contributed by atoms with Gasteiger partial charge in [0.25, 0.3) is 5.91 Å². The number of hydrogen-bond donors (Lipinski definition) is 2. The van der Waals surface area contributed by atoms with Crippen LogP contribution in [0.15, 0.2) is 101 Å². The van der Waals surface area contributed by atoms with Gasteiger partial charge in [0, 0.05) is 72.8 Å². The molecule has 1 aromatic heterocycles. The van der Waals surface area contributed by atoms with Crippen LogP contribution >= 0.6 is 22.9 Å². The van der Waals surface area contributed by atoms with Gasteiger partial charge in [0.2, 0.25) is 0 Å². The number of halogens is 1. The van der Waals surface area contributed by atoms with Gasteiger partial charge in [-0.3, -0.25) is 19.6 Å². The van der Waals surface area contributed by atoms with Crippen LogP contribution in [0.2, 0.25) is 5.02 Å². The molecule has 3 amide bonds. The highest BCUT2D eigenvalue weighted by molar-refractivity contribution is 7.11. The van der Waals surface area contributed by atoms with Crippen LogP contribution in [0.3, 0.4) is 0 Å². The topological polar surface area (TPSA) is 129 Å². The van der Waals surface area contributed by atoms with Gasteiger partial charge in [-0.1, -0.05) is 29.8 Å². The number of amides is 3. The number of carbonyl (C=O) groups is 3. The van der Waals surface area contributed by atoms with Gasteiger partial charge in [0.05, 0.1) is 24.8 Å². The van der Waals surface area contributed by atoms with Crippen molar-refractivity contribution in [1.29, 1.82) is 0 Å². The number of anilines is 1. The Hall–Kier alpha value is -5.24. The first kappa shape index (κ1) is 34.2. The van der Waals surface area contributed by atoms with Crippen molar-refractivity contribution >= 4 is 52.4 Å². The number of amidine groups is 1. The molecular formula is C37H36ClN7O5S. The summed E-state index contributed by atoms with van der Waals surface area (Å²) in [6, 6.07) is 21.3. The molecule has 0 bridgehead atoms. The number of ether oxygens (including phenoxy) is 2. The summed E-state index contributed by atoms with van der Waals surface area (Å²) in [5.41, 5.74) is 3.37. The molecule has 3 aliphatic rings. The van der Waals surface area contributed by atoms with Crippen LogP contribution in [0.25, 0.3) is 0 Å². The molecule has 0 unspecified atom stereocenters.